The Morgan fingerprint density at radius 1 is 1.06 bits per heavy atom. The van der Waals surface area contributed by atoms with E-state index in [0.29, 0.717) is 0 Å². The summed E-state index contributed by atoms with van der Waals surface area (Å²) in [6, 6.07) is 12.1. The van der Waals surface area contributed by atoms with Gasteiger partial charge in [-0.25, -0.2) is 0 Å². The average molecular weight is 229 g/mol. The Balaban J connectivity index is 2.21. The summed E-state index contributed by atoms with van der Waals surface area (Å²) in [4.78, 5) is 0.953. The molecule has 0 saturated carbocycles. The second-order valence-corrected chi connectivity index (χ2v) is 4.18. The molecule has 1 heterocycles. The number of hydrogen-bond acceptors (Lipinski definition) is 3. The van der Waals surface area contributed by atoms with Crippen molar-refractivity contribution < 1.29 is 5.21 Å². The first-order valence-corrected chi connectivity index (χ1v) is 5.76. The van der Waals surface area contributed by atoms with Crippen LogP contribution in [-0.4, -0.2) is 11.4 Å². The molecule has 2 rings (SSSR count). The molecule has 2 aromatic rings. The molecule has 80 valence electrons. The summed E-state index contributed by atoms with van der Waals surface area (Å²) in [7, 11) is 0. The smallest absolute Gasteiger partial charge is 0.0839 e. The van der Waals surface area contributed by atoms with Crippen molar-refractivity contribution in [3.63, 3.8) is 0 Å². The maximum Gasteiger partial charge on any atom is 0.0839 e. The first kappa shape index (κ1) is 10.6. The Bertz CT molecular complexity index is 500. The van der Waals surface area contributed by atoms with Crippen LogP contribution in [0.1, 0.15) is 16.0 Å². The second kappa shape index (κ2) is 5.28. The van der Waals surface area contributed by atoms with E-state index >= 15 is 0 Å². The van der Waals surface area contributed by atoms with Gasteiger partial charge in [0.2, 0.25) is 0 Å². The van der Waals surface area contributed by atoms with Crippen molar-refractivity contribution in [2.45, 2.75) is 0 Å². The standard InChI is InChI=1S/C13H11NOS/c15-14-10-13-12(8-9-16-13)7-6-11-4-2-1-3-5-11/h1-10,15H/b7-6+,14-10+. The van der Waals surface area contributed by atoms with E-state index in [9.17, 15) is 0 Å². The largest absolute Gasteiger partial charge is 0.411 e. The molecule has 0 spiro atoms. The van der Waals surface area contributed by atoms with Gasteiger partial charge in [0.1, 0.15) is 0 Å². The third-order valence-corrected chi connectivity index (χ3v) is 3.02. The van der Waals surface area contributed by atoms with Crippen LogP contribution in [0.4, 0.5) is 0 Å². The van der Waals surface area contributed by atoms with Gasteiger partial charge in [-0.1, -0.05) is 47.6 Å². The normalized spacial score (nSPS) is 11.5. The molecule has 2 nitrogen and oxygen atoms in total. The van der Waals surface area contributed by atoms with Gasteiger partial charge < -0.3 is 5.21 Å². The lowest BCUT2D eigenvalue weighted by molar-refractivity contribution is 0.322. The molecule has 0 unspecified atom stereocenters. The second-order valence-electron chi connectivity index (χ2n) is 3.23. The van der Waals surface area contributed by atoms with Crippen LogP contribution in [0.2, 0.25) is 0 Å². The Labute approximate surface area is 98.2 Å². The predicted molar refractivity (Wildman–Crippen MR) is 69.1 cm³/mol. The molecule has 0 saturated heterocycles. The fraction of sp³-hybridized carbons (Fsp3) is 0. The lowest BCUT2D eigenvalue weighted by Crippen LogP contribution is -1.77. The molecule has 0 atom stereocenters. The van der Waals surface area contributed by atoms with E-state index in [1.165, 1.54) is 6.21 Å². The van der Waals surface area contributed by atoms with E-state index in [1.807, 2.05) is 53.9 Å². The zero-order chi connectivity index (χ0) is 11.2. The van der Waals surface area contributed by atoms with Crippen molar-refractivity contribution in [1.29, 1.82) is 0 Å². The summed E-state index contributed by atoms with van der Waals surface area (Å²) < 4.78 is 0. The minimum atomic E-state index is 0.953. The SMILES string of the molecule is O/N=C/c1sccc1/C=C/c1ccccc1. The number of oxime groups is 1. The average Bonchev–Trinajstić information content (AvgIpc) is 2.76. The first-order valence-electron chi connectivity index (χ1n) is 4.88. The van der Waals surface area contributed by atoms with Gasteiger partial charge in [-0.05, 0) is 22.6 Å². The van der Waals surface area contributed by atoms with E-state index < -0.39 is 0 Å². The van der Waals surface area contributed by atoms with Crippen molar-refractivity contribution >= 4 is 29.7 Å². The maximum atomic E-state index is 8.50. The van der Waals surface area contributed by atoms with Crippen LogP contribution in [-0.2, 0) is 0 Å². The van der Waals surface area contributed by atoms with E-state index in [-0.39, 0.29) is 0 Å². The summed E-state index contributed by atoms with van der Waals surface area (Å²) in [5, 5.41) is 13.5. The summed E-state index contributed by atoms with van der Waals surface area (Å²) in [6.07, 6.45) is 5.51. The predicted octanol–water partition coefficient (Wildman–Crippen LogP) is 3.73. The maximum absolute atomic E-state index is 8.50. The molecule has 1 aromatic heterocycles. The molecule has 0 fully saturated rings. The Morgan fingerprint density at radius 2 is 1.88 bits per heavy atom. The van der Waals surface area contributed by atoms with Crippen LogP contribution in [0.15, 0.2) is 46.9 Å². The van der Waals surface area contributed by atoms with Gasteiger partial charge in [0.25, 0.3) is 0 Å². The molecule has 16 heavy (non-hydrogen) atoms. The molecule has 0 radical (unpaired) electrons. The molecule has 0 aliphatic rings. The fourth-order valence-corrected chi connectivity index (χ4v) is 2.12. The van der Waals surface area contributed by atoms with Gasteiger partial charge >= 0.3 is 0 Å². The topological polar surface area (TPSA) is 32.6 Å². The van der Waals surface area contributed by atoms with Crippen LogP contribution in [0.3, 0.4) is 0 Å². The van der Waals surface area contributed by atoms with Gasteiger partial charge in [0.05, 0.1) is 11.1 Å². The fourth-order valence-electron chi connectivity index (χ4n) is 1.38. The zero-order valence-corrected chi connectivity index (χ0v) is 9.39. The molecular weight excluding hydrogens is 218 g/mol. The summed E-state index contributed by atoms with van der Waals surface area (Å²) in [5.74, 6) is 0. The first-order chi connectivity index (χ1) is 7.90. The van der Waals surface area contributed by atoms with Crippen molar-refractivity contribution in [2.75, 3.05) is 0 Å². The van der Waals surface area contributed by atoms with Crippen LogP contribution >= 0.6 is 11.3 Å². The van der Waals surface area contributed by atoms with Gasteiger partial charge in [-0.15, -0.1) is 11.3 Å². The monoisotopic (exact) mass is 229 g/mol. The Hall–Kier alpha value is -1.87. The number of hydrogen-bond donors (Lipinski definition) is 1. The highest BCUT2D eigenvalue weighted by Gasteiger charge is 1.97. The molecule has 0 bridgehead atoms. The van der Waals surface area contributed by atoms with Gasteiger partial charge in [-0.3, -0.25) is 0 Å². The number of thiophene rings is 1. The lowest BCUT2D eigenvalue weighted by atomic mass is 10.1. The number of nitrogens with zero attached hydrogens (tertiary/aromatic N) is 1. The van der Waals surface area contributed by atoms with E-state index in [1.54, 1.807) is 11.3 Å². The van der Waals surface area contributed by atoms with Crippen molar-refractivity contribution in [3.05, 3.63) is 57.8 Å². The van der Waals surface area contributed by atoms with Gasteiger partial charge in [0, 0.05) is 0 Å². The Morgan fingerprint density at radius 3 is 2.62 bits per heavy atom. The molecule has 0 aliphatic carbocycles. The zero-order valence-electron chi connectivity index (χ0n) is 8.58. The highest BCUT2D eigenvalue weighted by Crippen LogP contribution is 2.17. The van der Waals surface area contributed by atoms with Crippen LogP contribution in [0.25, 0.3) is 12.2 Å². The number of rotatable bonds is 3. The van der Waals surface area contributed by atoms with Crippen LogP contribution < -0.4 is 0 Å². The van der Waals surface area contributed by atoms with Gasteiger partial charge in [-0.2, -0.15) is 0 Å². The molecule has 0 aliphatic heterocycles. The van der Waals surface area contributed by atoms with E-state index in [2.05, 4.69) is 5.16 Å². The molecule has 0 amide bonds. The molecular formula is C13H11NOS. The molecule has 1 N–H and O–H groups in total. The minimum absolute atomic E-state index is 0.953. The Kier molecular flexibility index (Phi) is 3.51. The minimum Gasteiger partial charge on any atom is -0.411 e. The molecule has 1 aromatic carbocycles. The quantitative estimate of drug-likeness (QED) is 0.485. The van der Waals surface area contributed by atoms with E-state index in [0.717, 1.165) is 16.0 Å². The lowest BCUT2D eigenvalue weighted by Gasteiger charge is -1.92. The number of benzene rings is 1. The van der Waals surface area contributed by atoms with E-state index in [4.69, 9.17) is 5.21 Å². The summed E-state index contributed by atoms with van der Waals surface area (Å²) in [6.45, 7) is 0. The third kappa shape index (κ3) is 2.58. The highest BCUT2D eigenvalue weighted by molar-refractivity contribution is 7.12. The molecule has 3 heteroatoms. The van der Waals surface area contributed by atoms with Crippen molar-refractivity contribution in [1.82, 2.24) is 0 Å². The van der Waals surface area contributed by atoms with Crippen LogP contribution in [0, 0.1) is 0 Å². The summed E-state index contributed by atoms with van der Waals surface area (Å²) in [5.41, 5.74) is 2.22. The summed E-state index contributed by atoms with van der Waals surface area (Å²) >= 11 is 1.55. The van der Waals surface area contributed by atoms with Crippen molar-refractivity contribution in [3.8, 4) is 0 Å². The third-order valence-electron chi connectivity index (χ3n) is 2.16. The van der Waals surface area contributed by atoms with Crippen molar-refractivity contribution in [2.24, 2.45) is 5.16 Å². The van der Waals surface area contributed by atoms with Crippen LogP contribution in [0.5, 0.6) is 0 Å². The van der Waals surface area contributed by atoms with Gasteiger partial charge in [0.15, 0.2) is 0 Å². The highest BCUT2D eigenvalue weighted by atomic mass is 32.1.